The van der Waals surface area contributed by atoms with Crippen molar-refractivity contribution in [1.29, 1.82) is 0 Å². The lowest BCUT2D eigenvalue weighted by molar-refractivity contribution is -0.424. The van der Waals surface area contributed by atoms with Crippen molar-refractivity contribution in [2.45, 2.75) is 104 Å². The Balaban J connectivity index is 2.78. The molecule has 0 aromatic carbocycles. The third kappa shape index (κ3) is 7.57. The van der Waals surface area contributed by atoms with Crippen molar-refractivity contribution in [1.82, 2.24) is 0 Å². The molecule has 0 bridgehead atoms. The van der Waals surface area contributed by atoms with Gasteiger partial charge < -0.3 is 4.74 Å². The Morgan fingerprint density at radius 1 is 1.22 bits per heavy atom. The monoisotopic (exact) mass is 382 g/mol. The lowest BCUT2D eigenvalue weighted by atomic mass is 9.75. The lowest BCUT2D eigenvalue weighted by Crippen LogP contribution is -2.46. The van der Waals surface area contributed by atoms with Crippen LogP contribution >= 0.6 is 0 Å². The number of allylic oxidation sites excluding steroid dienone is 2. The Labute approximate surface area is 167 Å². The molecule has 0 amide bonds. The number of methoxy groups -OCH3 is 1. The summed E-state index contributed by atoms with van der Waals surface area (Å²) in [4.78, 5) is 23.5. The molecule has 1 rings (SSSR count). The van der Waals surface area contributed by atoms with E-state index in [9.17, 15) is 4.79 Å². The Morgan fingerprint density at radius 2 is 1.96 bits per heavy atom. The van der Waals surface area contributed by atoms with Crippen LogP contribution < -0.4 is 0 Å². The summed E-state index contributed by atoms with van der Waals surface area (Å²) in [5.74, 6) is 1.36. The first-order valence-electron chi connectivity index (χ1n) is 11.0. The average molecular weight is 383 g/mol. The summed E-state index contributed by atoms with van der Waals surface area (Å²) in [6.45, 7) is 11.1. The summed E-state index contributed by atoms with van der Waals surface area (Å²) < 4.78 is 4.81. The van der Waals surface area contributed by atoms with Crippen LogP contribution in [0.4, 0.5) is 0 Å². The Morgan fingerprint density at radius 3 is 2.48 bits per heavy atom. The standard InChI is InChI=1S/C23H42O4/c1-7-12-13-18(8-2)14-19(9-3)16-23(11-5)17-20(10-4)21(26-27-23)15-22(24)25-6/h12-13,18-21H,7-11,14-17H2,1-6H3/b13-12+/t18-,19-,20-,21-,23-/m0/s1. The first-order chi connectivity index (χ1) is 13.0. The van der Waals surface area contributed by atoms with E-state index < -0.39 is 0 Å². The van der Waals surface area contributed by atoms with E-state index in [1.165, 1.54) is 20.0 Å². The fourth-order valence-corrected chi connectivity index (χ4v) is 4.26. The molecule has 0 aromatic heterocycles. The van der Waals surface area contributed by atoms with E-state index in [4.69, 9.17) is 14.5 Å². The maximum atomic E-state index is 11.7. The molecular formula is C23H42O4. The van der Waals surface area contributed by atoms with Crippen molar-refractivity contribution in [3.05, 3.63) is 12.2 Å². The van der Waals surface area contributed by atoms with Gasteiger partial charge in [-0.2, -0.15) is 0 Å². The molecule has 4 heteroatoms. The summed E-state index contributed by atoms with van der Waals surface area (Å²) in [5, 5.41) is 0. The van der Waals surface area contributed by atoms with E-state index in [0.717, 1.165) is 38.5 Å². The van der Waals surface area contributed by atoms with Gasteiger partial charge in [0, 0.05) is 0 Å². The molecule has 0 unspecified atom stereocenters. The number of hydrogen-bond acceptors (Lipinski definition) is 4. The van der Waals surface area contributed by atoms with Gasteiger partial charge >= 0.3 is 5.97 Å². The molecule has 0 spiro atoms. The maximum absolute atomic E-state index is 11.7. The number of ether oxygens (including phenoxy) is 1. The molecule has 1 heterocycles. The fourth-order valence-electron chi connectivity index (χ4n) is 4.26. The van der Waals surface area contributed by atoms with Gasteiger partial charge in [0.05, 0.1) is 13.5 Å². The summed E-state index contributed by atoms with van der Waals surface area (Å²) in [6, 6.07) is 0. The van der Waals surface area contributed by atoms with Crippen LogP contribution in [0.25, 0.3) is 0 Å². The van der Waals surface area contributed by atoms with Crippen molar-refractivity contribution < 1.29 is 19.3 Å². The highest BCUT2D eigenvalue weighted by atomic mass is 17.2. The van der Waals surface area contributed by atoms with Crippen LogP contribution in [0, 0.1) is 17.8 Å². The minimum absolute atomic E-state index is 0.196. The molecule has 0 radical (unpaired) electrons. The zero-order valence-electron chi connectivity index (χ0n) is 18.5. The molecule has 0 saturated carbocycles. The minimum atomic E-state index is -0.235. The van der Waals surface area contributed by atoms with Gasteiger partial charge in [0.2, 0.25) is 0 Å². The molecule has 158 valence electrons. The normalized spacial score (nSPS) is 28.2. The van der Waals surface area contributed by atoms with Gasteiger partial charge in [-0.3, -0.25) is 4.79 Å². The third-order valence-electron chi connectivity index (χ3n) is 6.32. The molecule has 1 saturated heterocycles. The summed E-state index contributed by atoms with van der Waals surface area (Å²) >= 11 is 0. The summed E-state index contributed by atoms with van der Waals surface area (Å²) in [5.41, 5.74) is -0.235. The second kappa shape index (κ2) is 12.6. The van der Waals surface area contributed by atoms with Crippen LogP contribution in [0.15, 0.2) is 12.2 Å². The summed E-state index contributed by atoms with van der Waals surface area (Å²) in [7, 11) is 1.42. The van der Waals surface area contributed by atoms with Gasteiger partial charge in [0.25, 0.3) is 0 Å². The molecule has 5 atom stereocenters. The number of esters is 1. The highest BCUT2D eigenvalue weighted by molar-refractivity contribution is 5.69. The molecule has 0 aliphatic carbocycles. The van der Waals surface area contributed by atoms with Crippen molar-refractivity contribution in [2.24, 2.45) is 17.8 Å². The predicted molar refractivity (Wildman–Crippen MR) is 110 cm³/mol. The van der Waals surface area contributed by atoms with Crippen molar-refractivity contribution >= 4 is 5.97 Å². The van der Waals surface area contributed by atoms with Crippen LogP contribution in [-0.4, -0.2) is 24.8 Å². The fraction of sp³-hybridized carbons (Fsp3) is 0.870. The van der Waals surface area contributed by atoms with Crippen LogP contribution in [0.3, 0.4) is 0 Å². The highest BCUT2D eigenvalue weighted by Gasteiger charge is 2.43. The smallest absolute Gasteiger partial charge is 0.308 e. The number of carbonyl (C=O) groups excluding carboxylic acids is 1. The second-order valence-electron chi connectivity index (χ2n) is 8.13. The van der Waals surface area contributed by atoms with Gasteiger partial charge in [-0.05, 0) is 56.3 Å². The van der Waals surface area contributed by atoms with Gasteiger partial charge in [-0.25, -0.2) is 9.78 Å². The molecule has 1 aliphatic heterocycles. The third-order valence-corrected chi connectivity index (χ3v) is 6.32. The van der Waals surface area contributed by atoms with Crippen molar-refractivity contribution in [2.75, 3.05) is 7.11 Å². The largest absolute Gasteiger partial charge is 0.469 e. The summed E-state index contributed by atoms with van der Waals surface area (Å²) in [6.07, 6.45) is 13.3. The Hall–Kier alpha value is -0.870. The molecule has 1 aliphatic rings. The lowest BCUT2D eigenvalue weighted by Gasteiger charge is -2.44. The minimum Gasteiger partial charge on any atom is -0.469 e. The number of rotatable bonds is 12. The zero-order valence-corrected chi connectivity index (χ0v) is 18.5. The van der Waals surface area contributed by atoms with Crippen LogP contribution in [0.1, 0.15) is 92.4 Å². The molecule has 1 fully saturated rings. The van der Waals surface area contributed by atoms with Crippen molar-refractivity contribution in [3.63, 3.8) is 0 Å². The first kappa shape index (κ1) is 24.2. The second-order valence-corrected chi connectivity index (χ2v) is 8.13. The average Bonchev–Trinajstić information content (AvgIpc) is 2.71. The van der Waals surface area contributed by atoms with Gasteiger partial charge in [0.15, 0.2) is 0 Å². The van der Waals surface area contributed by atoms with Crippen LogP contribution in [-0.2, 0) is 19.3 Å². The molecule has 0 N–H and O–H groups in total. The van der Waals surface area contributed by atoms with E-state index in [1.807, 2.05) is 0 Å². The molecule has 4 nitrogen and oxygen atoms in total. The van der Waals surface area contributed by atoms with E-state index >= 15 is 0 Å². The first-order valence-corrected chi connectivity index (χ1v) is 11.0. The SMILES string of the molecule is CC/C=C/[C@H](CC)C[C@H](CC)C[C@@]1(CC)C[C@H](CC)[C@H](CC(=O)OC)OO1. The van der Waals surface area contributed by atoms with E-state index in [2.05, 4.69) is 46.8 Å². The van der Waals surface area contributed by atoms with Gasteiger partial charge in [0.1, 0.15) is 11.7 Å². The number of carbonyl (C=O) groups is 1. The molecular weight excluding hydrogens is 340 g/mol. The molecule has 27 heavy (non-hydrogen) atoms. The Bertz CT molecular complexity index is 448. The van der Waals surface area contributed by atoms with E-state index in [0.29, 0.717) is 17.8 Å². The highest BCUT2D eigenvalue weighted by Crippen LogP contribution is 2.42. The zero-order chi connectivity index (χ0) is 20.3. The predicted octanol–water partition coefficient (Wildman–Crippen LogP) is 6.24. The van der Waals surface area contributed by atoms with Gasteiger partial charge in [-0.1, -0.05) is 59.6 Å². The number of hydrogen-bond donors (Lipinski definition) is 0. The van der Waals surface area contributed by atoms with E-state index in [1.54, 1.807) is 0 Å². The van der Waals surface area contributed by atoms with E-state index in [-0.39, 0.29) is 24.1 Å². The van der Waals surface area contributed by atoms with Gasteiger partial charge in [-0.15, -0.1) is 0 Å². The van der Waals surface area contributed by atoms with Crippen LogP contribution in [0.5, 0.6) is 0 Å². The van der Waals surface area contributed by atoms with Crippen LogP contribution in [0.2, 0.25) is 0 Å². The molecule has 0 aromatic rings. The Kier molecular flexibility index (Phi) is 11.2. The quantitative estimate of drug-likeness (QED) is 0.227. The van der Waals surface area contributed by atoms with Crippen molar-refractivity contribution in [3.8, 4) is 0 Å². The maximum Gasteiger partial charge on any atom is 0.308 e. The topological polar surface area (TPSA) is 44.8 Å².